The Morgan fingerprint density at radius 1 is 1.29 bits per heavy atom. The maximum atomic E-state index is 3.70. The minimum atomic E-state index is 0.374. The van der Waals surface area contributed by atoms with Crippen molar-refractivity contribution < 1.29 is 0 Å². The van der Waals surface area contributed by atoms with E-state index in [1.807, 2.05) is 0 Å². The Bertz CT molecular complexity index is 213. The molecule has 1 heterocycles. The lowest BCUT2D eigenvalue weighted by Gasteiger charge is -2.42. The first-order chi connectivity index (χ1) is 7.99. The van der Waals surface area contributed by atoms with Gasteiger partial charge in [-0.1, -0.05) is 27.2 Å². The van der Waals surface area contributed by atoms with E-state index in [2.05, 4.69) is 44.8 Å². The minimum absolute atomic E-state index is 0.374. The zero-order valence-corrected chi connectivity index (χ0v) is 12.6. The predicted molar refractivity (Wildman–Crippen MR) is 76.4 cm³/mol. The van der Waals surface area contributed by atoms with Crippen LogP contribution in [0, 0.1) is 5.92 Å². The van der Waals surface area contributed by atoms with Crippen molar-refractivity contribution in [2.24, 2.45) is 5.92 Å². The third-order valence-corrected chi connectivity index (χ3v) is 4.25. The maximum absolute atomic E-state index is 3.70. The van der Waals surface area contributed by atoms with E-state index < -0.39 is 0 Å². The van der Waals surface area contributed by atoms with Crippen LogP contribution >= 0.6 is 0 Å². The summed E-state index contributed by atoms with van der Waals surface area (Å²) in [6.07, 6.45) is 5.16. The van der Waals surface area contributed by atoms with Gasteiger partial charge >= 0.3 is 0 Å². The van der Waals surface area contributed by atoms with Gasteiger partial charge in [-0.3, -0.25) is 4.90 Å². The molecule has 1 N–H and O–H groups in total. The largest absolute Gasteiger partial charge is 0.314 e. The monoisotopic (exact) mass is 240 g/mol. The molecule has 17 heavy (non-hydrogen) atoms. The van der Waals surface area contributed by atoms with Gasteiger partial charge in [-0.25, -0.2) is 0 Å². The molecule has 0 aromatic rings. The van der Waals surface area contributed by atoms with Gasteiger partial charge in [0.25, 0.3) is 0 Å². The van der Waals surface area contributed by atoms with Gasteiger partial charge in [0.2, 0.25) is 0 Å². The van der Waals surface area contributed by atoms with Crippen molar-refractivity contribution in [3.05, 3.63) is 0 Å². The van der Waals surface area contributed by atoms with Gasteiger partial charge in [0.15, 0.2) is 0 Å². The highest BCUT2D eigenvalue weighted by Gasteiger charge is 2.28. The number of rotatable bonds is 4. The smallest absolute Gasteiger partial charge is 0.0153 e. The van der Waals surface area contributed by atoms with Crippen molar-refractivity contribution in [1.29, 1.82) is 0 Å². The molecular formula is C15H32N2. The Morgan fingerprint density at radius 2 is 2.00 bits per heavy atom. The fraction of sp³-hybridized carbons (Fsp3) is 1.00. The summed E-state index contributed by atoms with van der Waals surface area (Å²) in [6, 6.07) is 0.720. The molecule has 2 heteroatoms. The average Bonchev–Trinajstić information content (AvgIpc) is 2.23. The zero-order valence-electron chi connectivity index (χ0n) is 12.6. The second-order valence-corrected chi connectivity index (χ2v) is 6.42. The van der Waals surface area contributed by atoms with Crippen LogP contribution in [0.3, 0.4) is 0 Å². The summed E-state index contributed by atoms with van der Waals surface area (Å²) in [6.45, 7) is 15.5. The number of nitrogens with one attached hydrogen (secondary N) is 1. The van der Waals surface area contributed by atoms with Crippen LogP contribution in [0.1, 0.15) is 60.3 Å². The average molecular weight is 240 g/mol. The lowest BCUT2D eigenvalue weighted by molar-refractivity contribution is 0.0773. The highest BCUT2D eigenvalue weighted by Crippen LogP contribution is 2.23. The standard InChI is InChI=1S/C15H32N2/c1-6-9-15(4,5)17-10-8-14(7-2)16-11-13(3)12-17/h13-14,16H,6-12H2,1-5H3. The van der Waals surface area contributed by atoms with Crippen molar-refractivity contribution >= 4 is 0 Å². The summed E-state index contributed by atoms with van der Waals surface area (Å²) in [5, 5.41) is 3.70. The number of hydrogen-bond acceptors (Lipinski definition) is 2. The molecule has 102 valence electrons. The van der Waals surface area contributed by atoms with Crippen LogP contribution in [-0.4, -0.2) is 36.1 Å². The molecule has 2 nitrogen and oxygen atoms in total. The van der Waals surface area contributed by atoms with Gasteiger partial charge in [-0.15, -0.1) is 0 Å². The first-order valence-electron chi connectivity index (χ1n) is 7.48. The van der Waals surface area contributed by atoms with E-state index >= 15 is 0 Å². The van der Waals surface area contributed by atoms with Crippen LogP contribution in [0.4, 0.5) is 0 Å². The van der Waals surface area contributed by atoms with Crippen LogP contribution in [0.5, 0.6) is 0 Å². The molecule has 0 bridgehead atoms. The quantitative estimate of drug-likeness (QED) is 0.811. The highest BCUT2D eigenvalue weighted by molar-refractivity contribution is 4.85. The Balaban J connectivity index is 2.63. The molecule has 1 aliphatic rings. The lowest BCUT2D eigenvalue weighted by Crippen LogP contribution is -2.51. The molecule has 0 radical (unpaired) electrons. The van der Waals surface area contributed by atoms with E-state index in [1.165, 1.54) is 45.3 Å². The topological polar surface area (TPSA) is 15.3 Å². The van der Waals surface area contributed by atoms with Gasteiger partial charge < -0.3 is 5.32 Å². The number of hydrogen-bond donors (Lipinski definition) is 1. The highest BCUT2D eigenvalue weighted by atomic mass is 15.2. The molecule has 0 saturated carbocycles. The summed E-state index contributed by atoms with van der Waals surface area (Å²) in [4.78, 5) is 2.73. The normalized spacial score (nSPS) is 28.8. The van der Waals surface area contributed by atoms with Gasteiger partial charge in [0.1, 0.15) is 0 Å². The van der Waals surface area contributed by atoms with Crippen LogP contribution in [0.2, 0.25) is 0 Å². The molecule has 1 fully saturated rings. The van der Waals surface area contributed by atoms with Crippen molar-refractivity contribution in [2.45, 2.75) is 71.9 Å². The Hall–Kier alpha value is -0.0800. The molecule has 1 saturated heterocycles. The Morgan fingerprint density at radius 3 is 2.59 bits per heavy atom. The molecule has 2 atom stereocenters. The van der Waals surface area contributed by atoms with Crippen molar-refractivity contribution in [3.63, 3.8) is 0 Å². The van der Waals surface area contributed by atoms with Crippen LogP contribution in [0.25, 0.3) is 0 Å². The van der Waals surface area contributed by atoms with Crippen LogP contribution < -0.4 is 5.32 Å². The van der Waals surface area contributed by atoms with Gasteiger partial charge in [0.05, 0.1) is 0 Å². The molecular weight excluding hydrogens is 208 g/mol. The minimum Gasteiger partial charge on any atom is -0.314 e. The van der Waals surface area contributed by atoms with E-state index in [9.17, 15) is 0 Å². The summed E-state index contributed by atoms with van der Waals surface area (Å²) < 4.78 is 0. The Labute approximate surface area is 108 Å². The summed E-state index contributed by atoms with van der Waals surface area (Å²) in [7, 11) is 0. The molecule has 0 aliphatic carbocycles. The van der Waals surface area contributed by atoms with Gasteiger partial charge in [-0.2, -0.15) is 0 Å². The third-order valence-electron chi connectivity index (χ3n) is 4.25. The fourth-order valence-electron chi connectivity index (χ4n) is 2.98. The van der Waals surface area contributed by atoms with Crippen LogP contribution in [-0.2, 0) is 0 Å². The zero-order chi connectivity index (χ0) is 12.9. The number of nitrogens with zero attached hydrogens (tertiary/aromatic N) is 1. The third kappa shape index (κ3) is 4.59. The Kier molecular flexibility index (Phi) is 5.94. The SMILES string of the molecule is CCCC(C)(C)N1CCC(CC)NCC(C)C1. The molecule has 0 amide bonds. The maximum Gasteiger partial charge on any atom is 0.0153 e. The van der Waals surface area contributed by atoms with E-state index in [-0.39, 0.29) is 0 Å². The molecule has 0 aromatic heterocycles. The van der Waals surface area contributed by atoms with Gasteiger partial charge in [0, 0.05) is 24.7 Å². The first-order valence-corrected chi connectivity index (χ1v) is 7.48. The van der Waals surface area contributed by atoms with Gasteiger partial charge in [-0.05, 0) is 45.6 Å². The summed E-state index contributed by atoms with van der Waals surface area (Å²) in [5.74, 6) is 0.764. The summed E-state index contributed by atoms with van der Waals surface area (Å²) >= 11 is 0. The van der Waals surface area contributed by atoms with E-state index in [0.717, 1.165) is 12.0 Å². The first kappa shape index (κ1) is 15.0. The molecule has 1 aliphatic heterocycles. The second kappa shape index (κ2) is 6.75. The molecule has 1 rings (SSSR count). The molecule has 0 spiro atoms. The van der Waals surface area contributed by atoms with Crippen molar-refractivity contribution in [2.75, 3.05) is 19.6 Å². The molecule has 2 unspecified atom stereocenters. The predicted octanol–water partition coefficient (Wildman–Crippen LogP) is 3.28. The fourth-order valence-corrected chi connectivity index (χ4v) is 2.98. The van der Waals surface area contributed by atoms with E-state index in [4.69, 9.17) is 0 Å². The lowest BCUT2D eigenvalue weighted by atomic mass is 9.93. The summed E-state index contributed by atoms with van der Waals surface area (Å²) in [5.41, 5.74) is 0.374. The van der Waals surface area contributed by atoms with Crippen LogP contribution in [0.15, 0.2) is 0 Å². The van der Waals surface area contributed by atoms with Crippen molar-refractivity contribution in [3.8, 4) is 0 Å². The van der Waals surface area contributed by atoms with E-state index in [0.29, 0.717) is 5.54 Å². The van der Waals surface area contributed by atoms with Crippen molar-refractivity contribution in [1.82, 2.24) is 10.2 Å². The van der Waals surface area contributed by atoms with E-state index in [1.54, 1.807) is 0 Å². The second-order valence-electron chi connectivity index (χ2n) is 6.42. The molecule has 0 aromatic carbocycles.